The molecule has 0 aromatic rings. The van der Waals surface area contributed by atoms with Crippen molar-refractivity contribution in [1.82, 2.24) is 0 Å². The Balaban J connectivity index is 1.63. The third-order valence-electron chi connectivity index (χ3n) is 6.61. The number of epoxide rings is 3. The molecule has 3 aliphatic heterocycles. The molecular weight excluding hydrogens is 264 g/mol. The summed E-state index contributed by atoms with van der Waals surface area (Å²) < 4.78 is 18.7. The van der Waals surface area contributed by atoms with Gasteiger partial charge in [0.15, 0.2) is 0 Å². The molecule has 3 heteroatoms. The molecule has 0 spiro atoms. The van der Waals surface area contributed by atoms with Gasteiger partial charge in [-0.2, -0.15) is 0 Å². The zero-order valence-electron chi connectivity index (χ0n) is 14.0. The van der Waals surface area contributed by atoms with Crippen molar-refractivity contribution < 1.29 is 14.2 Å². The van der Waals surface area contributed by atoms with Crippen LogP contribution in [0.2, 0.25) is 0 Å². The van der Waals surface area contributed by atoms with Crippen molar-refractivity contribution in [2.75, 3.05) is 0 Å². The minimum atomic E-state index is 0.0583. The van der Waals surface area contributed by atoms with Crippen LogP contribution in [0.4, 0.5) is 0 Å². The van der Waals surface area contributed by atoms with Crippen LogP contribution in [0.1, 0.15) is 79.1 Å². The molecule has 120 valence electrons. The molecule has 0 radical (unpaired) electrons. The van der Waals surface area contributed by atoms with Gasteiger partial charge < -0.3 is 14.2 Å². The second kappa shape index (κ2) is 4.24. The third-order valence-corrected chi connectivity index (χ3v) is 6.61. The Bertz CT molecular complexity index is 452. The van der Waals surface area contributed by atoms with Gasteiger partial charge in [0, 0.05) is 12.8 Å². The molecular formula is C18H30O3. The van der Waals surface area contributed by atoms with E-state index in [1.807, 2.05) is 0 Å². The van der Waals surface area contributed by atoms with Crippen molar-refractivity contribution in [1.29, 1.82) is 0 Å². The second-order valence-corrected chi connectivity index (χ2v) is 8.35. The first-order valence-corrected chi connectivity index (χ1v) is 8.97. The van der Waals surface area contributed by atoms with Crippen molar-refractivity contribution in [3.63, 3.8) is 0 Å². The number of hydrogen-bond acceptors (Lipinski definition) is 3. The molecule has 4 rings (SSSR count). The molecule has 0 N–H and O–H groups in total. The molecule has 1 aliphatic carbocycles. The molecule has 1 saturated carbocycles. The summed E-state index contributed by atoms with van der Waals surface area (Å²) in [6, 6.07) is 0. The molecule has 21 heavy (non-hydrogen) atoms. The Morgan fingerprint density at radius 1 is 0.905 bits per heavy atom. The van der Waals surface area contributed by atoms with Crippen LogP contribution >= 0.6 is 0 Å². The maximum Gasteiger partial charge on any atom is 0.101 e. The van der Waals surface area contributed by atoms with Crippen LogP contribution in [0.5, 0.6) is 0 Å². The van der Waals surface area contributed by atoms with E-state index >= 15 is 0 Å². The van der Waals surface area contributed by atoms with Gasteiger partial charge in [-0.25, -0.2) is 0 Å². The first-order chi connectivity index (χ1) is 9.91. The first-order valence-electron chi connectivity index (χ1n) is 8.97. The van der Waals surface area contributed by atoms with E-state index in [4.69, 9.17) is 14.2 Å². The molecule has 0 unspecified atom stereocenters. The van der Waals surface area contributed by atoms with Gasteiger partial charge in [-0.3, -0.25) is 0 Å². The highest BCUT2D eigenvalue weighted by Crippen LogP contribution is 2.66. The highest BCUT2D eigenvalue weighted by atomic mass is 16.7. The van der Waals surface area contributed by atoms with Crippen LogP contribution in [0.3, 0.4) is 0 Å². The summed E-state index contributed by atoms with van der Waals surface area (Å²) in [5.41, 5.74) is 0.278. The number of rotatable bonds is 4. The van der Waals surface area contributed by atoms with E-state index in [-0.39, 0.29) is 22.4 Å². The molecule has 4 aliphatic rings. The predicted octanol–water partition coefficient (Wildman–Crippen LogP) is 3.98. The van der Waals surface area contributed by atoms with Crippen LogP contribution in [0.15, 0.2) is 0 Å². The number of ether oxygens (including phenoxy) is 3. The fraction of sp³-hybridized carbons (Fsp3) is 1.00. The lowest BCUT2D eigenvalue weighted by Gasteiger charge is -2.23. The summed E-state index contributed by atoms with van der Waals surface area (Å²) in [5.74, 6) is 0. The van der Waals surface area contributed by atoms with E-state index in [1.54, 1.807) is 0 Å². The van der Waals surface area contributed by atoms with Crippen molar-refractivity contribution >= 4 is 0 Å². The minimum absolute atomic E-state index is 0.0583. The quantitative estimate of drug-likeness (QED) is 0.736. The van der Waals surface area contributed by atoms with Crippen LogP contribution in [-0.2, 0) is 14.2 Å². The lowest BCUT2D eigenvalue weighted by atomic mass is 9.74. The molecule has 3 nitrogen and oxygen atoms in total. The fourth-order valence-corrected chi connectivity index (χ4v) is 5.19. The Hall–Kier alpha value is -0.120. The smallest absolute Gasteiger partial charge is 0.101 e. The molecule has 0 aromatic heterocycles. The number of hydrogen-bond donors (Lipinski definition) is 0. The number of fused-ring (bicyclic) bond motifs is 3. The molecule has 0 amide bonds. The Kier molecular flexibility index (Phi) is 2.92. The maximum absolute atomic E-state index is 6.55. The first kappa shape index (κ1) is 14.5. The normalized spacial score (nSPS) is 57.7. The summed E-state index contributed by atoms with van der Waals surface area (Å²) in [7, 11) is 0. The maximum atomic E-state index is 6.55. The summed E-state index contributed by atoms with van der Waals surface area (Å²) in [5, 5.41) is 0. The summed E-state index contributed by atoms with van der Waals surface area (Å²) in [6.45, 7) is 9.12. The lowest BCUT2D eigenvalue weighted by molar-refractivity contribution is 0.195. The average Bonchev–Trinajstić information content (AvgIpc) is 3.31. The Labute approximate surface area is 128 Å². The van der Waals surface area contributed by atoms with E-state index in [0.717, 1.165) is 25.7 Å². The van der Waals surface area contributed by atoms with Crippen molar-refractivity contribution in [3.8, 4) is 0 Å². The largest absolute Gasteiger partial charge is 0.366 e. The van der Waals surface area contributed by atoms with E-state index in [0.29, 0.717) is 12.2 Å². The summed E-state index contributed by atoms with van der Waals surface area (Å²) >= 11 is 0. The summed E-state index contributed by atoms with van der Waals surface area (Å²) in [6.07, 6.45) is 10.0. The predicted molar refractivity (Wildman–Crippen MR) is 81.4 cm³/mol. The van der Waals surface area contributed by atoms with Gasteiger partial charge in [0.25, 0.3) is 0 Å². The molecule has 0 bridgehead atoms. The highest BCUT2D eigenvalue weighted by Gasteiger charge is 2.75. The van der Waals surface area contributed by atoms with Gasteiger partial charge in [-0.05, 0) is 39.5 Å². The van der Waals surface area contributed by atoms with E-state index in [1.165, 1.54) is 25.7 Å². The molecule has 6 atom stereocenters. The van der Waals surface area contributed by atoms with Crippen molar-refractivity contribution in [3.05, 3.63) is 0 Å². The fourth-order valence-electron chi connectivity index (χ4n) is 5.19. The van der Waals surface area contributed by atoms with Gasteiger partial charge >= 0.3 is 0 Å². The molecule has 4 fully saturated rings. The third kappa shape index (κ3) is 2.04. The molecule has 3 saturated heterocycles. The van der Waals surface area contributed by atoms with Crippen LogP contribution in [0.25, 0.3) is 0 Å². The molecule has 0 aromatic carbocycles. The van der Waals surface area contributed by atoms with Gasteiger partial charge in [0.1, 0.15) is 11.2 Å². The SMILES string of the molecule is CCC[C@@]12C[C@@]3(C)O[C@@H]3CC[C@]3(C)O[C@@H]3C[C@]1(CCC)O2. The lowest BCUT2D eigenvalue weighted by Crippen LogP contribution is -2.34. The van der Waals surface area contributed by atoms with Crippen LogP contribution in [-0.4, -0.2) is 34.6 Å². The van der Waals surface area contributed by atoms with Crippen molar-refractivity contribution in [2.45, 2.75) is 114 Å². The highest BCUT2D eigenvalue weighted by molar-refractivity contribution is 5.24. The van der Waals surface area contributed by atoms with Crippen LogP contribution < -0.4 is 0 Å². The monoisotopic (exact) mass is 294 g/mol. The van der Waals surface area contributed by atoms with Gasteiger partial charge in [-0.15, -0.1) is 0 Å². The van der Waals surface area contributed by atoms with E-state index in [2.05, 4.69) is 27.7 Å². The zero-order chi connectivity index (χ0) is 14.9. The zero-order valence-corrected chi connectivity index (χ0v) is 14.0. The topological polar surface area (TPSA) is 37.6 Å². The second-order valence-electron chi connectivity index (χ2n) is 8.35. The van der Waals surface area contributed by atoms with E-state index < -0.39 is 0 Å². The van der Waals surface area contributed by atoms with Gasteiger partial charge in [0.2, 0.25) is 0 Å². The molecule has 3 heterocycles. The van der Waals surface area contributed by atoms with Crippen LogP contribution in [0, 0.1) is 0 Å². The van der Waals surface area contributed by atoms with E-state index in [9.17, 15) is 0 Å². The minimum Gasteiger partial charge on any atom is -0.366 e. The van der Waals surface area contributed by atoms with Gasteiger partial charge in [-0.1, -0.05) is 26.7 Å². The Morgan fingerprint density at radius 2 is 1.57 bits per heavy atom. The van der Waals surface area contributed by atoms with Crippen molar-refractivity contribution in [2.24, 2.45) is 0 Å². The summed E-state index contributed by atoms with van der Waals surface area (Å²) in [4.78, 5) is 0. The van der Waals surface area contributed by atoms with Gasteiger partial charge in [0.05, 0.1) is 23.4 Å². The Morgan fingerprint density at radius 3 is 2.29 bits per heavy atom. The average molecular weight is 294 g/mol. The standard InChI is InChI=1S/C18H30O3/c1-5-8-17-11-14-15(3,20-14)10-7-13-16(4,19-13)12-18(17,21-17)9-6-2/h13-14H,5-12H2,1-4H3/t13-,14-,15+,16-,17+,18-/m1/s1.